The molecule has 4 nitrogen and oxygen atoms in total. The molecule has 114 valence electrons. The van der Waals surface area contributed by atoms with Crippen LogP contribution in [0.5, 0.6) is 0 Å². The summed E-state index contributed by atoms with van der Waals surface area (Å²) in [5.74, 6) is 0. The van der Waals surface area contributed by atoms with Gasteiger partial charge in [-0.3, -0.25) is 4.72 Å². The van der Waals surface area contributed by atoms with Gasteiger partial charge in [0.15, 0.2) is 0 Å². The summed E-state index contributed by atoms with van der Waals surface area (Å²) < 4.78 is 27.5. The van der Waals surface area contributed by atoms with Crippen molar-refractivity contribution in [3.05, 3.63) is 40.7 Å². The highest BCUT2D eigenvalue weighted by Gasteiger charge is 2.16. The van der Waals surface area contributed by atoms with Crippen LogP contribution in [0.2, 0.25) is 4.34 Å². The first-order valence-electron chi connectivity index (χ1n) is 6.63. The molecule has 0 amide bonds. The second-order valence-corrected chi connectivity index (χ2v) is 8.15. The maximum atomic E-state index is 12.1. The highest BCUT2D eigenvalue weighted by atomic mass is 35.5. The summed E-state index contributed by atoms with van der Waals surface area (Å²) in [6.45, 7) is 3.05. The van der Waals surface area contributed by atoms with Gasteiger partial charge in [0.2, 0.25) is 0 Å². The lowest BCUT2D eigenvalue weighted by molar-refractivity contribution is 0.603. The van der Waals surface area contributed by atoms with Crippen molar-refractivity contribution in [3.8, 4) is 0 Å². The van der Waals surface area contributed by atoms with E-state index in [0.29, 0.717) is 10.0 Å². The monoisotopic (exact) mass is 344 g/mol. The van der Waals surface area contributed by atoms with Crippen molar-refractivity contribution in [2.45, 2.75) is 24.0 Å². The molecule has 2 N–H and O–H groups in total. The average molecular weight is 345 g/mol. The molecule has 1 aromatic heterocycles. The van der Waals surface area contributed by atoms with Crippen LogP contribution in [-0.2, 0) is 10.0 Å². The molecule has 0 aliphatic carbocycles. The lowest BCUT2D eigenvalue weighted by atomic mass is 10.2. The maximum absolute atomic E-state index is 12.1. The summed E-state index contributed by atoms with van der Waals surface area (Å²) in [7, 11) is -3.56. The lowest BCUT2D eigenvalue weighted by Crippen LogP contribution is -2.11. The summed E-state index contributed by atoms with van der Waals surface area (Å²) in [4.78, 5) is 0. The summed E-state index contributed by atoms with van der Waals surface area (Å²) >= 11 is 6.80. The van der Waals surface area contributed by atoms with E-state index in [1.165, 1.54) is 6.07 Å². The molecule has 0 aliphatic heterocycles. The third-order valence-corrected chi connectivity index (χ3v) is 5.91. The number of benzene rings is 1. The number of hydrogen-bond acceptors (Lipinski definition) is 4. The van der Waals surface area contributed by atoms with E-state index in [1.54, 1.807) is 18.2 Å². The minimum atomic E-state index is -3.56. The number of thiophene rings is 1. The van der Waals surface area contributed by atoms with E-state index in [9.17, 15) is 8.42 Å². The first-order chi connectivity index (χ1) is 10.0. The fourth-order valence-electron chi connectivity index (χ4n) is 1.71. The minimum absolute atomic E-state index is 0.206. The molecule has 1 aromatic carbocycles. The Morgan fingerprint density at radius 3 is 2.33 bits per heavy atom. The van der Waals surface area contributed by atoms with Crippen LogP contribution in [0.1, 0.15) is 19.8 Å². The number of anilines is 2. The van der Waals surface area contributed by atoms with Gasteiger partial charge in [-0.2, -0.15) is 0 Å². The molecule has 0 radical (unpaired) electrons. The number of halogens is 1. The van der Waals surface area contributed by atoms with E-state index in [1.807, 2.05) is 12.1 Å². The molecule has 21 heavy (non-hydrogen) atoms. The molecule has 0 atom stereocenters. The van der Waals surface area contributed by atoms with Gasteiger partial charge in [-0.15, -0.1) is 11.3 Å². The molecule has 0 unspecified atom stereocenters. The summed E-state index contributed by atoms with van der Waals surface area (Å²) in [5, 5.41) is 3.28. The molecule has 0 aliphatic rings. The van der Waals surface area contributed by atoms with E-state index in [-0.39, 0.29) is 4.21 Å². The molecule has 1 heterocycles. The molecule has 0 fully saturated rings. The van der Waals surface area contributed by atoms with Crippen LogP contribution < -0.4 is 10.0 Å². The van der Waals surface area contributed by atoms with Crippen molar-refractivity contribution in [2.24, 2.45) is 0 Å². The normalized spacial score (nSPS) is 11.3. The van der Waals surface area contributed by atoms with E-state index in [2.05, 4.69) is 17.0 Å². The zero-order chi connectivity index (χ0) is 15.3. The predicted molar refractivity (Wildman–Crippen MR) is 90.0 cm³/mol. The Morgan fingerprint density at radius 2 is 1.76 bits per heavy atom. The first-order valence-corrected chi connectivity index (χ1v) is 9.31. The van der Waals surface area contributed by atoms with Crippen LogP contribution in [0.3, 0.4) is 0 Å². The van der Waals surface area contributed by atoms with Crippen LogP contribution in [0.15, 0.2) is 40.6 Å². The van der Waals surface area contributed by atoms with E-state index in [0.717, 1.165) is 36.4 Å². The Balaban J connectivity index is 2.03. The van der Waals surface area contributed by atoms with Crippen LogP contribution >= 0.6 is 22.9 Å². The third-order valence-electron chi connectivity index (χ3n) is 2.81. The van der Waals surface area contributed by atoms with Gasteiger partial charge in [0.05, 0.1) is 4.34 Å². The predicted octanol–water partition coefficient (Wildman–Crippen LogP) is 4.41. The highest BCUT2D eigenvalue weighted by Crippen LogP contribution is 2.27. The fourth-order valence-corrected chi connectivity index (χ4v) is 4.25. The summed E-state index contributed by atoms with van der Waals surface area (Å²) in [5.41, 5.74) is 1.51. The Hall–Kier alpha value is -1.24. The number of hydrogen-bond donors (Lipinski definition) is 2. The summed E-state index contributed by atoms with van der Waals surface area (Å²) in [6, 6.07) is 10.3. The average Bonchev–Trinajstić information content (AvgIpc) is 2.88. The van der Waals surface area contributed by atoms with Crippen molar-refractivity contribution >= 4 is 44.3 Å². The second kappa shape index (κ2) is 7.15. The van der Waals surface area contributed by atoms with Crippen LogP contribution in [0, 0.1) is 0 Å². The number of nitrogens with one attached hydrogen (secondary N) is 2. The van der Waals surface area contributed by atoms with E-state index < -0.39 is 10.0 Å². The molecule has 7 heteroatoms. The standard InChI is InChI=1S/C14H17ClN2O2S2/c1-2-3-10-16-11-4-6-12(7-5-11)17-21(18,19)14-9-8-13(15)20-14/h4-9,16-17H,2-3,10H2,1H3. The Labute approximate surface area is 134 Å². The van der Waals surface area contributed by atoms with Crippen LogP contribution in [0.25, 0.3) is 0 Å². The first kappa shape index (κ1) is 16.1. The Morgan fingerprint density at radius 1 is 1.10 bits per heavy atom. The van der Waals surface area contributed by atoms with Crippen molar-refractivity contribution in [1.29, 1.82) is 0 Å². The van der Waals surface area contributed by atoms with E-state index in [4.69, 9.17) is 11.6 Å². The van der Waals surface area contributed by atoms with Gasteiger partial charge in [-0.05, 0) is 42.8 Å². The van der Waals surface area contributed by atoms with Gasteiger partial charge in [0.1, 0.15) is 4.21 Å². The maximum Gasteiger partial charge on any atom is 0.271 e. The van der Waals surface area contributed by atoms with Gasteiger partial charge in [-0.25, -0.2) is 8.42 Å². The topological polar surface area (TPSA) is 58.2 Å². The largest absolute Gasteiger partial charge is 0.385 e. The molecule has 0 bridgehead atoms. The molecule has 0 spiro atoms. The third kappa shape index (κ3) is 4.62. The lowest BCUT2D eigenvalue weighted by Gasteiger charge is -2.08. The van der Waals surface area contributed by atoms with Crippen LogP contribution in [0.4, 0.5) is 11.4 Å². The quantitative estimate of drug-likeness (QED) is 0.731. The van der Waals surface area contributed by atoms with Crippen molar-refractivity contribution in [2.75, 3.05) is 16.6 Å². The molecule has 0 saturated heterocycles. The minimum Gasteiger partial charge on any atom is -0.385 e. The van der Waals surface area contributed by atoms with Gasteiger partial charge < -0.3 is 5.32 Å². The smallest absolute Gasteiger partial charge is 0.271 e. The molecular formula is C14H17ClN2O2S2. The van der Waals surface area contributed by atoms with Gasteiger partial charge in [0.25, 0.3) is 10.0 Å². The Bertz CT molecular complexity index is 681. The number of unbranched alkanes of at least 4 members (excludes halogenated alkanes) is 1. The molecular weight excluding hydrogens is 328 g/mol. The zero-order valence-corrected chi connectivity index (χ0v) is 14.0. The van der Waals surface area contributed by atoms with Gasteiger partial charge >= 0.3 is 0 Å². The second-order valence-electron chi connectivity index (χ2n) is 4.52. The van der Waals surface area contributed by atoms with Crippen molar-refractivity contribution in [3.63, 3.8) is 0 Å². The number of sulfonamides is 1. The van der Waals surface area contributed by atoms with Crippen molar-refractivity contribution in [1.82, 2.24) is 0 Å². The SMILES string of the molecule is CCCCNc1ccc(NS(=O)(=O)c2ccc(Cl)s2)cc1. The fraction of sp³-hybridized carbons (Fsp3) is 0.286. The van der Waals surface area contributed by atoms with Crippen molar-refractivity contribution < 1.29 is 8.42 Å². The molecule has 0 saturated carbocycles. The summed E-state index contributed by atoms with van der Waals surface area (Å²) in [6.07, 6.45) is 2.24. The van der Waals surface area contributed by atoms with E-state index >= 15 is 0 Å². The zero-order valence-electron chi connectivity index (χ0n) is 11.6. The molecule has 2 aromatic rings. The highest BCUT2D eigenvalue weighted by molar-refractivity contribution is 7.94. The van der Waals surface area contributed by atoms with Crippen LogP contribution in [-0.4, -0.2) is 15.0 Å². The Kier molecular flexibility index (Phi) is 5.50. The molecule has 2 rings (SSSR count). The van der Waals surface area contributed by atoms with Gasteiger partial charge in [-0.1, -0.05) is 24.9 Å². The van der Waals surface area contributed by atoms with Gasteiger partial charge in [0, 0.05) is 17.9 Å². The number of rotatable bonds is 7.